The van der Waals surface area contributed by atoms with E-state index in [-0.39, 0.29) is 6.61 Å². The maximum absolute atomic E-state index is 13.7. The lowest BCUT2D eigenvalue weighted by atomic mass is 10.2. The average molecular weight is 348 g/mol. The number of benzene rings is 2. The maximum atomic E-state index is 13.7. The molecule has 1 aromatic heterocycles. The first-order valence-electron chi connectivity index (χ1n) is 6.32. The molecule has 0 aliphatic rings. The van der Waals surface area contributed by atoms with Crippen LogP contribution in [0.4, 0.5) is 4.39 Å². The molecular formula is C16H11BrFNO2. The Hall–Kier alpha value is -2.14. The van der Waals surface area contributed by atoms with Gasteiger partial charge < -0.3 is 9.72 Å². The third kappa shape index (κ3) is 2.83. The summed E-state index contributed by atoms with van der Waals surface area (Å²) in [5.74, 6) is -0.883. The number of rotatable bonds is 3. The molecule has 2 aromatic carbocycles. The molecule has 3 nitrogen and oxygen atoms in total. The van der Waals surface area contributed by atoms with Crippen LogP contribution >= 0.6 is 15.9 Å². The quantitative estimate of drug-likeness (QED) is 0.712. The van der Waals surface area contributed by atoms with Gasteiger partial charge in [0.2, 0.25) is 0 Å². The van der Waals surface area contributed by atoms with Crippen LogP contribution in [0.3, 0.4) is 0 Å². The third-order valence-corrected chi connectivity index (χ3v) is 3.68. The summed E-state index contributed by atoms with van der Waals surface area (Å²) in [6.45, 7) is -0.0997. The van der Waals surface area contributed by atoms with Gasteiger partial charge in [0.15, 0.2) is 0 Å². The number of carbonyl (C=O) groups is 1. The minimum absolute atomic E-state index is 0.0997. The molecule has 5 heteroatoms. The number of aromatic amines is 1. The van der Waals surface area contributed by atoms with Crippen molar-refractivity contribution >= 4 is 32.8 Å². The van der Waals surface area contributed by atoms with Crippen molar-refractivity contribution in [3.05, 3.63) is 70.1 Å². The van der Waals surface area contributed by atoms with Gasteiger partial charge in [0.25, 0.3) is 0 Å². The molecule has 0 bridgehead atoms. The SMILES string of the molecule is O=C(OCc1ccc(Br)cc1F)c1c[nH]c2ccccc12. The molecule has 1 heterocycles. The van der Waals surface area contributed by atoms with Crippen molar-refractivity contribution in [2.45, 2.75) is 6.61 Å². The van der Waals surface area contributed by atoms with Gasteiger partial charge in [0.05, 0.1) is 5.56 Å². The van der Waals surface area contributed by atoms with Crippen LogP contribution < -0.4 is 0 Å². The summed E-state index contributed by atoms with van der Waals surface area (Å²) in [7, 11) is 0. The molecule has 1 N–H and O–H groups in total. The molecular weight excluding hydrogens is 337 g/mol. The highest BCUT2D eigenvalue weighted by molar-refractivity contribution is 9.10. The van der Waals surface area contributed by atoms with E-state index in [0.29, 0.717) is 15.6 Å². The van der Waals surface area contributed by atoms with Crippen LogP contribution in [0.15, 0.2) is 53.1 Å². The molecule has 0 aliphatic carbocycles. The Bertz CT molecular complexity index is 813. The summed E-state index contributed by atoms with van der Waals surface area (Å²) in [6.07, 6.45) is 1.60. The zero-order chi connectivity index (χ0) is 14.8. The highest BCUT2D eigenvalue weighted by atomic mass is 79.9. The van der Waals surface area contributed by atoms with Gasteiger partial charge in [-0.2, -0.15) is 0 Å². The first kappa shape index (κ1) is 13.8. The molecule has 0 aliphatic heterocycles. The second kappa shape index (κ2) is 5.69. The zero-order valence-corrected chi connectivity index (χ0v) is 12.5. The Kier molecular flexibility index (Phi) is 3.75. The van der Waals surface area contributed by atoms with Crippen molar-refractivity contribution in [3.63, 3.8) is 0 Å². The molecule has 0 atom stereocenters. The Labute approximate surface area is 128 Å². The van der Waals surface area contributed by atoms with E-state index in [2.05, 4.69) is 20.9 Å². The second-order valence-electron chi connectivity index (χ2n) is 4.56. The van der Waals surface area contributed by atoms with Crippen LogP contribution in [0.1, 0.15) is 15.9 Å². The lowest BCUT2D eigenvalue weighted by Gasteiger charge is -2.05. The number of esters is 1. The van der Waals surface area contributed by atoms with Crippen LogP contribution in [0.2, 0.25) is 0 Å². The van der Waals surface area contributed by atoms with E-state index in [1.54, 1.807) is 18.3 Å². The van der Waals surface area contributed by atoms with Crippen LogP contribution in [0.5, 0.6) is 0 Å². The minimum Gasteiger partial charge on any atom is -0.457 e. The summed E-state index contributed by atoms with van der Waals surface area (Å²) >= 11 is 3.18. The fraction of sp³-hybridized carbons (Fsp3) is 0.0625. The number of para-hydroxylation sites is 1. The van der Waals surface area contributed by atoms with E-state index < -0.39 is 11.8 Å². The number of ether oxygens (including phenoxy) is 1. The van der Waals surface area contributed by atoms with Gasteiger partial charge in [-0.05, 0) is 18.2 Å². The van der Waals surface area contributed by atoms with Gasteiger partial charge in [0, 0.05) is 27.1 Å². The summed E-state index contributed by atoms with van der Waals surface area (Å²) < 4.78 is 19.5. The number of hydrogen-bond acceptors (Lipinski definition) is 2. The maximum Gasteiger partial charge on any atom is 0.340 e. The van der Waals surface area contributed by atoms with Crippen LogP contribution in [-0.2, 0) is 11.3 Å². The number of fused-ring (bicyclic) bond motifs is 1. The topological polar surface area (TPSA) is 42.1 Å². The molecule has 0 radical (unpaired) electrons. The average Bonchev–Trinajstić information content (AvgIpc) is 2.90. The fourth-order valence-electron chi connectivity index (χ4n) is 2.10. The van der Waals surface area contributed by atoms with Gasteiger partial charge in [-0.1, -0.05) is 40.2 Å². The third-order valence-electron chi connectivity index (χ3n) is 3.18. The van der Waals surface area contributed by atoms with Gasteiger partial charge in [-0.3, -0.25) is 0 Å². The van der Waals surface area contributed by atoms with Gasteiger partial charge in [-0.25, -0.2) is 9.18 Å². The number of hydrogen-bond donors (Lipinski definition) is 1. The summed E-state index contributed by atoms with van der Waals surface area (Å²) in [4.78, 5) is 15.1. The molecule has 21 heavy (non-hydrogen) atoms. The Morgan fingerprint density at radius 1 is 1.24 bits per heavy atom. The summed E-state index contributed by atoms with van der Waals surface area (Å²) in [5, 5.41) is 0.791. The van der Waals surface area contributed by atoms with Crippen LogP contribution in [0, 0.1) is 5.82 Å². The molecule has 0 unspecified atom stereocenters. The predicted molar refractivity (Wildman–Crippen MR) is 81.5 cm³/mol. The number of carbonyl (C=O) groups excluding carboxylic acids is 1. The smallest absolute Gasteiger partial charge is 0.340 e. The van der Waals surface area contributed by atoms with Crippen molar-refractivity contribution in [1.29, 1.82) is 0 Å². The van der Waals surface area contributed by atoms with Crippen molar-refractivity contribution in [3.8, 4) is 0 Å². The predicted octanol–water partition coefficient (Wildman–Crippen LogP) is 4.43. The van der Waals surface area contributed by atoms with Gasteiger partial charge in [-0.15, -0.1) is 0 Å². The fourth-order valence-corrected chi connectivity index (χ4v) is 2.43. The Balaban J connectivity index is 1.77. The molecule has 0 saturated carbocycles. The Morgan fingerprint density at radius 2 is 2.05 bits per heavy atom. The van der Waals surface area contributed by atoms with E-state index in [4.69, 9.17) is 4.74 Å². The van der Waals surface area contributed by atoms with E-state index in [1.807, 2.05) is 24.3 Å². The first-order chi connectivity index (χ1) is 10.1. The molecule has 3 aromatic rings. The highest BCUT2D eigenvalue weighted by Gasteiger charge is 2.14. The number of nitrogens with one attached hydrogen (secondary N) is 1. The van der Waals surface area contributed by atoms with Crippen molar-refractivity contribution < 1.29 is 13.9 Å². The molecule has 0 fully saturated rings. The van der Waals surface area contributed by atoms with Crippen molar-refractivity contribution in [2.75, 3.05) is 0 Å². The normalized spacial score (nSPS) is 10.8. The van der Waals surface area contributed by atoms with E-state index in [9.17, 15) is 9.18 Å². The standard InChI is InChI=1S/C16H11BrFNO2/c17-11-6-5-10(14(18)7-11)9-21-16(20)13-8-19-15-4-2-1-3-12(13)15/h1-8,19H,9H2. The first-order valence-corrected chi connectivity index (χ1v) is 7.11. The zero-order valence-electron chi connectivity index (χ0n) is 10.9. The second-order valence-corrected chi connectivity index (χ2v) is 5.48. The number of H-pyrrole nitrogens is 1. The monoisotopic (exact) mass is 347 g/mol. The number of aromatic nitrogens is 1. The highest BCUT2D eigenvalue weighted by Crippen LogP contribution is 2.20. The van der Waals surface area contributed by atoms with Crippen molar-refractivity contribution in [2.24, 2.45) is 0 Å². The Morgan fingerprint density at radius 3 is 2.86 bits per heavy atom. The number of halogens is 2. The van der Waals surface area contributed by atoms with Crippen LogP contribution in [0.25, 0.3) is 10.9 Å². The minimum atomic E-state index is -0.477. The van der Waals surface area contributed by atoms with Crippen LogP contribution in [-0.4, -0.2) is 11.0 Å². The molecule has 0 spiro atoms. The molecule has 3 rings (SSSR count). The molecule has 0 saturated heterocycles. The lowest BCUT2D eigenvalue weighted by Crippen LogP contribution is -2.05. The van der Waals surface area contributed by atoms with Crippen molar-refractivity contribution in [1.82, 2.24) is 4.98 Å². The summed E-state index contributed by atoms with van der Waals surface area (Å²) in [6, 6.07) is 12.1. The van der Waals surface area contributed by atoms with E-state index in [1.165, 1.54) is 6.07 Å². The molecule has 0 amide bonds. The summed E-state index contributed by atoms with van der Waals surface area (Å²) in [5.41, 5.74) is 1.65. The van der Waals surface area contributed by atoms with Gasteiger partial charge >= 0.3 is 5.97 Å². The van der Waals surface area contributed by atoms with E-state index in [0.717, 1.165) is 10.9 Å². The van der Waals surface area contributed by atoms with E-state index >= 15 is 0 Å². The lowest BCUT2D eigenvalue weighted by molar-refractivity contribution is 0.0471. The molecule has 106 valence electrons. The largest absolute Gasteiger partial charge is 0.457 e. The van der Waals surface area contributed by atoms with Gasteiger partial charge in [0.1, 0.15) is 12.4 Å².